The third-order valence-corrected chi connectivity index (χ3v) is 7.65. The van der Waals surface area contributed by atoms with Crippen molar-refractivity contribution < 1.29 is 4.74 Å². The molecule has 0 amide bonds. The van der Waals surface area contributed by atoms with Gasteiger partial charge in [0.15, 0.2) is 0 Å². The first-order chi connectivity index (χ1) is 16.9. The summed E-state index contributed by atoms with van der Waals surface area (Å²) < 4.78 is 11.0. The molecule has 0 aliphatic rings. The molecular weight excluding hydrogens is 706 g/mol. The second-order valence-electron chi connectivity index (χ2n) is 7.87. The number of ether oxygens (including phenoxy) is 1. The Kier molecular flexibility index (Phi) is 8.97. The van der Waals surface area contributed by atoms with Crippen LogP contribution in [-0.2, 0) is 13.0 Å². The SMILES string of the molecule is CCCCc1nc2ccc(Br)cc2c(=O)n1N=Cc1ccc(OCc2ccc(Br)cc2Br)c(Br)c1. The van der Waals surface area contributed by atoms with Crippen LogP contribution in [0.4, 0.5) is 0 Å². The smallest absolute Gasteiger partial charge is 0.282 e. The van der Waals surface area contributed by atoms with Crippen LogP contribution in [0.15, 0.2) is 82.4 Å². The molecule has 35 heavy (non-hydrogen) atoms. The summed E-state index contributed by atoms with van der Waals surface area (Å²) in [5.74, 6) is 1.37. The highest BCUT2D eigenvalue weighted by atomic mass is 79.9. The van der Waals surface area contributed by atoms with E-state index in [-0.39, 0.29) is 5.56 Å². The van der Waals surface area contributed by atoms with Crippen molar-refractivity contribution in [1.29, 1.82) is 0 Å². The van der Waals surface area contributed by atoms with Gasteiger partial charge in [0.2, 0.25) is 0 Å². The van der Waals surface area contributed by atoms with E-state index < -0.39 is 0 Å². The maximum Gasteiger partial charge on any atom is 0.282 e. The van der Waals surface area contributed by atoms with Gasteiger partial charge >= 0.3 is 0 Å². The molecule has 0 unspecified atom stereocenters. The van der Waals surface area contributed by atoms with Gasteiger partial charge in [-0.25, -0.2) is 4.98 Å². The van der Waals surface area contributed by atoms with E-state index in [2.05, 4.69) is 75.7 Å². The highest BCUT2D eigenvalue weighted by Crippen LogP contribution is 2.28. The second kappa shape index (κ2) is 12.0. The van der Waals surface area contributed by atoms with E-state index in [0.717, 1.165) is 47.6 Å². The first-order valence-corrected chi connectivity index (χ1v) is 14.1. The van der Waals surface area contributed by atoms with E-state index in [0.29, 0.717) is 29.8 Å². The van der Waals surface area contributed by atoms with Crippen LogP contribution in [0.2, 0.25) is 0 Å². The summed E-state index contributed by atoms with van der Waals surface area (Å²) in [6.45, 7) is 2.54. The summed E-state index contributed by atoms with van der Waals surface area (Å²) in [4.78, 5) is 17.9. The zero-order valence-corrected chi connectivity index (χ0v) is 25.1. The Morgan fingerprint density at radius 1 is 0.971 bits per heavy atom. The second-order valence-corrected chi connectivity index (χ2v) is 11.4. The quantitative estimate of drug-likeness (QED) is 0.172. The standard InChI is InChI=1S/C26H21Br4N3O2/c1-2-3-4-25-32-23-9-8-18(27)12-20(23)26(34)33(25)31-14-16-5-10-24(22(30)11-16)35-15-17-6-7-19(28)13-21(17)29/h5-14H,2-4,15H2,1H3. The van der Waals surface area contributed by atoms with Gasteiger partial charge < -0.3 is 4.74 Å². The fourth-order valence-corrected chi connectivity index (χ4v) is 5.48. The molecule has 0 atom stereocenters. The lowest BCUT2D eigenvalue weighted by molar-refractivity contribution is 0.303. The molecule has 0 aliphatic carbocycles. The minimum absolute atomic E-state index is 0.183. The number of benzene rings is 3. The summed E-state index contributed by atoms with van der Waals surface area (Å²) in [6, 6.07) is 17.2. The van der Waals surface area contributed by atoms with Crippen LogP contribution in [0, 0.1) is 0 Å². The molecular formula is C26H21Br4N3O2. The number of fused-ring (bicyclic) bond motifs is 1. The fourth-order valence-electron chi connectivity index (χ4n) is 3.44. The van der Waals surface area contributed by atoms with Crippen molar-refractivity contribution in [2.45, 2.75) is 32.8 Å². The van der Waals surface area contributed by atoms with Gasteiger partial charge in [-0.05, 0) is 76.4 Å². The molecule has 1 aromatic heterocycles. The minimum Gasteiger partial charge on any atom is -0.488 e. The third-order valence-electron chi connectivity index (χ3n) is 5.31. The van der Waals surface area contributed by atoms with Crippen molar-refractivity contribution in [3.8, 4) is 5.75 Å². The van der Waals surface area contributed by atoms with E-state index in [9.17, 15) is 4.79 Å². The van der Waals surface area contributed by atoms with Crippen molar-refractivity contribution in [3.05, 3.63) is 99.8 Å². The molecule has 4 aromatic rings. The van der Waals surface area contributed by atoms with Gasteiger partial charge in [0.25, 0.3) is 5.56 Å². The van der Waals surface area contributed by atoms with Crippen LogP contribution in [0.3, 0.4) is 0 Å². The summed E-state index contributed by atoms with van der Waals surface area (Å²) in [5, 5.41) is 5.05. The lowest BCUT2D eigenvalue weighted by Gasteiger charge is -2.11. The number of unbranched alkanes of at least 4 members (excludes halogenated alkanes) is 1. The van der Waals surface area contributed by atoms with Crippen LogP contribution in [-0.4, -0.2) is 15.9 Å². The Hall–Kier alpha value is -1.81. The molecule has 0 spiro atoms. The molecule has 0 saturated carbocycles. The molecule has 0 aliphatic heterocycles. The first kappa shape index (κ1) is 26.3. The van der Waals surface area contributed by atoms with E-state index >= 15 is 0 Å². The van der Waals surface area contributed by atoms with Gasteiger partial charge in [-0.1, -0.05) is 67.2 Å². The average Bonchev–Trinajstić information content (AvgIpc) is 2.83. The van der Waals surface area contributed by atoms with E-state index in [4.69, 9.17) is 9.72 Å². The highest BCUT2D eigenvalue weighted by Gasteiger charge is 2.11. The number of aromatic nitrogens is 2. The van der Waals surface area contributed by atoms with Crippen molar-refractivity contribution in [3.63, 3.8) is 0 Å². The molecule has 0 N–H and O–H groups in total. The number of hydrogen-bond acceptors (Lipinski definition) is 4. The zero-order valence-electron chi connectivity index (χ0n) is 18.8. The highest BCUT2D eigenvalue weighted by molar-refractivity contribution is 9.11. The minimum atomic E-state index is -0.183. The average molecular weight is 727 g/mol. The molecule has 1 heterocycles. The first-order valence-electron chi connectivity index (χ1n) is 11.0. The topological polar surface area (TPSA) is 56.5 Å². The number of hydrogen-bond donors (Lipinski definition) is 0. The number of nitrogens with zero attached hydrogens (tertiary/aromatic N) is 3. The molecule has 4 rings (SSSR count). The molecule has 5 nitrogen and oxygen atoms in total. The molecule has 9 heteroatoms. The van der Waals surface area contributed by atoms with E-state index in [1.165, 1.54) is 4.68 Å². The van der Waals surface area contributed by atoms with Crippen molar-refractivity contribution in [1.82, 2.24) is 9.66 Å². The monoisotopic (exact) mass is 723 g/mol. The largest absolute Gasteiger partial charge is 0.488 e. The lowest BCUT2D eigenvalue weighted by Crippen LogP contribution is -2.22. The van der Waals surface area contributed by atoms with Crippen LogP contribution in [0.25, 0.3) is 10.9 Å². The molecule has 0 saturated heterocycles. The Morgan fingerprint density at radius 2 is 1.74 bits per heavy atom. The van der Waals surface area contributed by atoms with Gasteiger partial charge in [0, 0.05) is 25.4 Å². The molecule has 0 bridgehead atoms. The molecule has 3 aromatic carbocycles. The summed E-state index contributed by atoms with van der Waals surface area (Å²) >= 11 is 14.1. The van der Waals surface area contributed by atoms with Crippen LogP contribution < -0.4 is 10.3 Å². The van der Waals surface area contributed by atoms with Gasteiger partial charge in [0.05, 0.1) is 21.6 Å². The van der Waals surface area contributed by atoms with E-state index in [1.54, 1.807) is 12.3 Å². The summed E-state index contributed by atoms with van der Waals surface area (Å²) in [7, 11) is 0. The summed E-state index contributed by atoms with van der Waals surface area (Å²) in [5.41, 5.74) is 2.37. The maximum atomic E-state index is 13.2. The number of rotatable bonds is 8. The lowest BCUT2D eigenvalue weighted by atomic mass is 10.2. The predicted molar refractivity (Wildman–Crippen MR) is 156 cm³/mol. The number of aryl methyl sites for hydroxylation is 1. The maximum absolute atomic E-state index is 13.2. The third kappa shape index (κ3) is 6.50. The molecule has 180 valence electrons. The predicted octanol–water partition coefficient (Wildman–Crippen LogP) is 8.25. The van der Waals surface area contributed by atoms with Gasteiger partial charge in [-0.15, -0.1) is 0 Å². The van der Waals surface area contributed by atoms with Crippen molar-refractivity contribution in [2.24, 2.45) is 5.10 Å². The Balaban J connectivity index is 1.59. The fraction of sp³-hybridized carbons (Fsp3) is 0.192. The Labute approximate surface area is 237 Å². The van der Waals surface area contributed by atoms with Crippen LogP contribution in [0.1, 0.15) is 36.7 Å². The normalized spacial score (nSPS) is 11.5. The van der Waals surface area contributed by atoms with Gasteiger partial charge in [-0.3, -0.25) is 4.79 Å². The number of halogens is 4. The van der Waals surface area contributed by atoms with Crippen LogP contribution in [0.5, 0.6) is 5.75 Å². The Morgan fingerprint density at radius 3 is 2.49 bits per heavy atom. The summed E-state index contributed by atoms with van der Waals surface area (Å²) in [6.07, 6.45) is 4.28. The molecule has 0 radical (unpaired) electrons. The van der Waals surface area contributed by atoms with Gasteiger partial charge in [0.1, 0.15) is 18.2 Å². The van der Waals surface area contributed by atoms with Crippen molar-refractivity contribution in [2.75, 3.05) is 0 Å². The van der Waals surface area contributed by atoms with Crippen molar-refractivity contribution >= 4 is 80.8 Å². The van der Waals surface area contributed by atoms with E-state index in [1.807, 2.05) is 48.5 Å². The Bertz CT molecular complexity index is 1470. The van der Waals surface area contributed by atoms with Gasteiger partial charge in [-0.2, -0.15) is 9.78 Å². The molecule has 0 fully saturated rings. The van der Waals surface area contributed by atoms with Crippen LogP contribution >= 0.6 is 63.7 Å². The zero-order chi connectivity index (χ0) is 24.9.